The molecule has 0 unspecified atom stereocenters. The summed E-state index contributed by atoms with van der Waals surface area (Å²) in [5.74, 6) is 0.101. The van der Waals surface area contributed by atoms with Crippen LogP contribution in [0.4, 0.5) is 5.69 Å². The van der Waals surface area contributed by atoms with Crippen LogP contribution in [0, 0.1) is 0 Å². The molecule has 2 N–H and O–H groups in total. The van der Waals surface area contributed by atoms with Crippen LogP contribution < -0.4 is 10.5 Å². The minimum absolute atomic E-state index is 0.302. The summed E-state index contributed by atoms with van der Waals surface area (Å²) in [5, 5.41) is 0. The Hall–Kier alpha value is -1.79. The van der Waals surface area contributed by atoms with Crippen LogP contribution in [0.5, 0.6) is 5.75 Å². The first-order valence-electron chi connectivity index (χ1n) is 6.45. The maximum atomic E-state index is 11.7. The Morgan fingerprint density at radius 2 is 1.95 bits per heavy atom. The van der Waals surface area contributed by atoms with Gasteiger partial charge in [-0.25, -0.2) is 4.79 Å². The molecule has 0 radical (unpaired) electrons. The van der Waals surface area contributed by atoms with Crippen LogP contribution in [0.25, 0.3) is 0 Å². The van der Waals surface area contributed by atoms with Crippen LogP contribution in [0.15, 0.2) is 18.2 Å². The van der Waals surface area contributed by atoms with Gasteiger partial charge in [0.25, 0.3) is 0 Å². The number of anilines is 1. The summed E-state index contributed by atoms with van der Waals surface area (Å²) >= 11 is 0. The SMILES string of the molecule is CCOC(=O)c1cc(OCCOCCOC)ccc1N. The van der Waals surface area contributed by atoms with Crippen molar-refractivity contribution < 1.29 is 23.7 Å². The zero-order valence-electron chi connectivity index (χ0n) is 11.9. The topological polar surface area (TPSA) is 80.0 Å². The van der Waals surface area contributed by atoms with Crippen LogP contribution in [0.2, 0.25) is 0 Å². The summed E-state index contributed by atoms with van der Waals surface area (Å²) in [6, 6.07) is 4.89. The number of nitrogen functional groups attached to an aromatic ring is 1. The first kappa shape index (κ1) is 16.3. The molecule has 0 fully saturated rings. The van der Waals surface area contributed by atoms with Crippen molar-refractivity contribution in [1.29, 1.82) is 0 Å². The van der Waals surface area contributed by atoms with Crippen LogP contribution >= 0.6 is 0 Å². The average molecular weight is 283 g/mol. The fourth-order valence-corrected chi connectivity index (χ4v) is 1.47. The van der Waals surface area contributed by atoms with E-state index in [1.54, 1.807) is 32.2 Å². The Kier molecular flexibility index (Phi) is 7.46. The lowest BCUT2D eigenvalue weighted by molar-refractivity contribution is 0.0522. The van der Waals surface area contributed by atoms with Gasteiger partial charge in [0, 0.05) is 12.8 Å². The average Bonchev–Trinajstić information content (AvgIpc) is 2.44. The molecule has 0 atom stereocenters. The Balaban J connectivity index is 2.46. The third kappa shape index (κ3) is 5.46. The molecule has 20 heavy (non-hydrogen) atoms. The summed E-state index contributed by atoms with van der Waals surface area (Å²) in [6.07, 6.45) is 0. The maximum absolute atomic E-state index is 11.7. The van der Waals surface area contributed by atoms with E-state index in [1.165, 1.54) is 0 Å². The highest BCUT2D eigenvalue weighted by atomic mass is 16.5. The Bertz CT molecular complexity index is 422. The van der Waals surface area contributed by atoms with Crippen molar-refractivity contribution in [2.75, 3.05) is 45.9 Å². The van der Waals surface area contributed by atoms with Gasteiger partial charge in [0.15, 0.2) is 0 Å². The van der Waals surface area contributed by atoms with Gasteiger partial charge in [0.05, 0.1) is 32.0 Å². The standard InChI is InChI=1S/C14H21NO5/c1-3-19-14(16)12-10-11(4-5-13(12)15)20-9-8-18-7-6-17-2/h4-5,10H,3,6-9,15H2,1-2H3. The van der Waals surface area contributed by atoms with Crippen LogP contribution in [-0.4, -0.2) is 46.1 Å². The lowest BCUT2D eigenvalue weighted by Gasteiger charge is -2.10. The number of rotatable bonds is 9. The summed E-state index contributed by atoms with van der Waals surface area (Å²) in [5.41, 5.74) is 6.41. The molecule has 0 spiro atoms. The van der Waals surface area contributed by atoms with Gasteiger partial charge in [0.2, 0.25) is 0 Å². The number of carbonyl (C=O) groups is 1. The van der Waals surface area contributed by atoms with Crippen molar-refractivity contribution in [1.82, 2.24) is 0 Å². The molecule has 0 heterocycles. The largest absolute Gasteiger partial charge is 0.491 e. The third-order valence-electron chi connectivity index (χ3n) is 2.45. The molecular weight excluding hydrogens is 262 g/mol. The second-order valence-corrected chi connectivity index (χ2v) is 3.92. The number of hydrogen-bond donors (Lipinski definition) is 1. The van der Waals surface area contributed by atoms with Gasteiger partial charge in [-0.05, 0) is 25.1 Å². The minimum atomic E-state index is -0.452. The molecule has 0 aliphatic carbocycles. The molecule has 1 aromatic rings. The van der Waals surface area contributed by atoms with Crippen LogP contribution in [0.1, 0.15) is 17.3 Å². The lowest BCUT2D eigenvalue weighted by atomic mass is 10.2. The van der Waals surface area contributed by atoms with E-state index in [4.69, 9.17) is 24.7 Å². The monoisotopic (exact) mass is 283 g/mol. The Morgan fingerprint density at radius 3 is 2.65 bits per heavy atom. The predicted molar refractivity (Wildman–Crippen MR) is 75.0 cm³/mol. The van der Waals surface area contributed by atoms with E-state index in [2.05, 4.69) is 0 Å². The van der Waals surface area contributed by atoms with Crippen molar-refractivity contribution in [3.63, 3.8) is 0 Å². The van der Waals surface area contributed by atoms with E-state index in [9.17, 15) is 4.79 Å². The molecule has 6 nitrogen and oxygen atoms in total. The normalized spacial score (nSPS) is 10.3. The molecule has 0 saturated heterocycles. The fourth-order valence-electron chi connectivity index (χ4n) is 1.47. The van der Waals surface area contributed by atoms with Gasteiger partial charge in [-0.2, -0.15) is 0 Å². The first-order chi connectivity index (χ1) is 9.69. The molecule has 0 bridgehead atoms. The molecular formula is C14H21NO5. The van der Waals surface area contributed by atoms with Gasteiger partial charge in [-0.1, -0.05) is 0 Å². The first-order valence-corrected chi connectivity index (χ1v) is 6.45. The number of methoxy groups -OCH3 is 1. The zero-order valence-corrected chi connectivity index (χ0v) is 11.9. The quantitative estimate of drug-likeness (QED) is 0.420. The number of benzene rings is 1. The Morgan fingerprint density at radius 1 is 1.20 bits per heavy atom. The van der Waals surface area contributed by atoms with E-state index in [0.29, 0.717) is 50.0 Å². The molecule has 1 rings (SSSR count). The van der Waals surface area contributed by atoms with Gasteiger partial charge in [0.1, 0.15) is 12.4 Å². The number of carbonyl (C=O) groups excluding carboxylic acids is 1. The highest BCUT2D eigenvalue weighted by Crippen LogP contribution is 2.20. The molecule has 112 valence electrons. The van der Waals surface area contributed by atoms with Crippen molar-refractivity contribution in [2.45, 2.75) is 6.92 Å². The number of ether oxygens (including phenoxy) is 4. The summed E-state index contributed by atoms with van der Waals surface area (Å²) in [6.45, 7) is 3.95. The molecule has 0 aliphatic rings. The lowest BCUT2D eigenvalue weighted by Crippen LogP contribution is -2.11. The zero-order chi connectivity index (χ0) is 14.8. The van der Waals surface area contributed by atoms with Crippen molar-refractivity contribution in [3.8, 4) is 5.75 Å². The van der Waals surface area contributed by atoms with Crippen molar-refractivity contribution in [2.24, 2.45) is 0 Å². The van der Waals surface area contributed by atoms with E-state index in [0.717, 1.165) is 0 Å². The van der Waals surface area contributed by atoms with Gasteiger partial charge >= 0.3 is 5.97 Å². The number of nitrogens with two attached hydrogens (primary N) is 1. The number of hydrogen-bond acceptors (Lipinski definition) is 6. The fraction of sp³-hybridized carbons (Fsp3) is 0.500. The van der Waals surface area contributed by atoms with Gasteiger partial charge < -0.3 is 24.7 Å². The maximum Gasteiger partial charge on any atom is 0.340 e. The minimum Gasteiger partial charge on any atom is -0.491 e. The molecule has 0 aliphatic heterocycles. The van der Waals surface area contributed by atoms with E-state index < -0.39 is 5.97 Å². The van der Waals surface area contributed by atoms with Crippen LogP contribution in [0.3, 0.4) is 0 Å². The predicted octanol–water partition coefficient (Wildman–Crippen LogP) is 1.49. The summed E-state index contributed by atoms with van der Waals surface area (Å²) in [7, 11) is 1.62. The smallest absolute Gasteiger partial charge is 0.340 e. The number of esters is 1. The van der Waals surface area contributed by atoms with E-state index in [-0.39, 0.29) is 0 Å². The summed E-state index contributed by atoms with van der Waals surface area (Å²) in [4.78, 5) is 11.7. The molecule has 0 amide bonds. The second kappa shape index (κ2) is 9.17. The van der Waals surface area contributed by atoms with Crippen molar-refractivity contribution in [3.05, 3.63) is 23.8 Å². The molecule has 0 aromatic heterocycles. The Labute approximate surface area is 118 Å². The molecule has 6 heteroatoms. The van der Waals surface area contributed by atoms with E-state index >= 15 is 0 Å². The second-order valence-electron chi connectivity index (χ2n) is 3.92. The third-order valence-corrected chi connectivity index (χ3v) is 2.45. The molecule has 0 saturated carbocycles. The van der Waals surface area contributed by atoms with Gasteiger partial charge in [-0.15, -0.1) is 0 Å². The molecule has 1 aromatic carbocycles. The van der Waals surface area contributed by atoms with Crippen molar-refractivity contribution >= 4 is 11.7 Å². The highest BCUT2D eigenvalue weighted by Gasteiger charge is 2.11. The van der Waals surface area contributed by atoms with Crippen LogP contribution in [-0.2, 0) is 14.2 Å². The highest BCUT2D eigenvalue weighted by molar-refractivity contribution is 5.95. The summed E-state index contributed by atoms with van der Waals surface area (Å²) < 4.78 is 20.5. The van der Waals surface area contributed by atoms with Gasteiger partial charge in [-0.3, -0.25) is 0 Å². The van der Waals surface area contributed by atoms with E-state index in [1.807, 2.05) is 0 Å².